The average molecular weight is 353 g/mol. The molecule has 1 aromatic heterocycles. The van der Waals surface area contributed by atoms with E-state index >= 15 is 0 Å². The molecule has 1 saturated heterocycles. The topological polar surface area (TPSA) is 71.5 Å². The zero-order valence-corrected chi connectivity index (χ0v) is 14.9. The van der Waals surface area contributed by atoms with Crippen LogP contribution in [-0.4, -0.2) is 47.9 Å². The van der Waals surface area contributed by atoms with Gasteiger partial charge in [-0.3, -0.25) is 14.6 Å². The monoisotopic (exact) mass is 353 g/mol. The third-order valence-corrected chi connectivity index (χ3v) is 4.50. The lowest BCUT2D eigenvalue weighted by atomic mass is 10.1. The predicted molar refractivity (Wildman–Crippen MR) is 97.8 cm³/mol. The van der Waals surface area contributed by atoms with Crippen molar-refractivity contribution in [1.29, 1.82) is 0 Å². The molecule has 1 atom stereocenters. The largest absolute Gasteiger partial charge is 0.497 e. The minimum atomic E-state index is -0.123. The highest BCUT2D eigenvalue weighted by molar-refractivity contribution is 5.83. The Hall–Kier alpha value is -2.89. The van der Waals surface area contributed by atoms with Crippen molar-refractivity contribution in [1.82, 2.24) is 15.2 Å². The average Bonchev–Trinajstić information content (AvgIpc) is 3.00. The maximum atomic E-state index is 12.2. The van der Waals surface area contributed by atoms with Crippen LogP contribution in [0.4, 0.5) is 0 Å². The van der Waals surface area contributed by atoms with Crippen molar-refractivity contribution in [3.8, 4) is 5.75 Å². The van der Waals surface area contributed by atoms with Crippen LogP contribution in [0.1, 0.15) is 17.5 Å². The molecule has 26 heavy (non-hydrogen) atoms. The Morgan fingerprint density at radius 3 is 2.77 bits per heavy atom. The highest BCUT2D eigenvalue weighted by Crippen LogP contribution is 2.15. The van der Waals surface area contributed by atoms with Gasteiger partial charge >= 0.3 is 0 Å². The molecule has 2 aromatic rings. The summed E-state index contributed by atoms with van der Waals surface area (Å²) in [6.45, 7) is 1.22. The van der Waals surface area contributed by atoms with E-state index in [1.165, 1.54) is 0 Å². The van der Waals surface area contributed by atoms with Gasteiger partial charge in [-0.05, 0) is 35.7 Å². The normalized spacial score (nSPS) is 16.6. The first-order valence-corrected chi connectivity index (χ1v) is 8.73. The number of benzene rings is 1. The number of amides is 2. The smallest absolute Gasteiger partial charge is 0.224 e. The van der Waals surface area contributed by atoms with E-state index in [9.17, 15) is 9.59 Å². The summed E-state index contributed by atoms with van der Waals surface area (Å²) in [4.78, 5) is 30.2. The van der Waals surface area contributed by atoms with Gasteiger partial charge in [0.1, 0.15) is 5.75 Å². The predicted octanol–water partition coefficient (Wildman–Crippen LogP) is 1.59. The maximum absolute atomic E-state index is 12.2. The number of rotatable bonds is 7. The summed E-state index contributed by atoms with van der Waals surface area (Å²) in [6, 6.07) is 11.4. The molecule has 0 radical (unpaired) electrons. The molecule has 2 heterocycles. The van der Waals surface area contributed by atoms with Crippen molar-refractivity contribution in [3.05, 3.63) is 59.9 Å². The Morgan fingerprint density at radius 1 is 1.27 bits per heavy atom. The minimum absolute atomic E-state index is 0.0761. The van der Waals surface area contributed by atoms with Crippen LogP contribution < -0.4 is 10.1 Å². The highest BCUT2D eigenvalue weighted by atomic mass is 16.5. The Kier molecular flexibility index (Phi) is 5.84. The van der Waals surface area contributed by atoms with Crippen molar-refractivity contribution >= 4 is 11.8 Å². The molecule has 1 aliphatic heterocycles. The van der Waals surface area contributed by atoms with Crippen molar-refractivity contribution < 1.29 is 14.3 Å². The standard InChI is InChI=1S/C20H23N3O3/c1-26-18-6-4-15(5-7-18)8-10-23-14-17(12-20(23)25)22-19(24)11-16-3-2-9-21-13-16/h2-7,9,13,17H,8,10-12,14H2,1H3,(H,22,24). The Morgan fingerprint density at radius 2 is 2.08 bits per heavy atom. The molecule has 1 aliphatic rings. The molecule has 0 saturated carbocycles. The van der Waals surface area contributed by atoms with Gasteiger partial charge in [-0.2, -0.15) is 0 Å². The number of nitrogens with zero attached hydrogens (tertiary/aromatic N) is 2. The summed E-state index contributed by atoms with van der Waals surface area (Å²) in [5.41, 5.74) is 2.02. The molecule has 2 amide bonds. The molecule has 1 aromatic carbocycles. The molecule has 6 nitrogen and oxygen atoms in total. The quantitative estimate of drug-likeness (QED) is 0.821. The second-order valence-electron chi connectivity index (χ2n) is 6.44. The van der Waals surface area contributed by atoms with Crippen LogP contribution in [0.5, 0.6) is 5.75 Å². The van der Waals surface area contributed by atoms with E-state index in [2.05, 4.69) is 10.3 Å². The second kappa shape index (κ2) is 8.47. The van der Waals surface area contributed by atoms with Gasteiger partial charge in [0.05, 0.1) is 19.6 Å². The summed E-state index contributed by atoms with van der Waals surface area (Å²) in [5.74, 6) is 0.834. The Bertz CT molecular complexity index is 747. The van der Waals surface area contributed by atoms with Gasteiger partial charge in [0.2, 0.25) is 11.8 Å². The zero-order chi connectivity index (χ0) is 18.4. The van der Waals surface area contributed by atoms with Crippen LogP contribution in [-0.2, 0) is 22.4 Å². The molecule has 1 fully saturated rings. The molecule has 6 heteroatoms. The lowest BCUT2D eigenvalue weighted by Gasteiger charge is -2.17. The fourth-order valence-electron chi connectivity index (χ4n) is 3.11. The number of pyridine rings is 1. The third-order valence-electron chi connectivity index (χ3n) is 4.50. The van der Waals surface area contributed by atoms with E-state index in [4.69, 9.17) is 4.74 Å². The van der Waals surface area contributed by atoms with Crippen molar-refractivity contribution in [2.75, 3.05) is 20.2 Å². The number of likely N-dealkylation sites (tertiary alicyclic amines) is 1. The van der Waals surface area contributed by atoms with Gasteiger partial charge < -0.3 is 15.0 Å². The Labute approximate surface area is 153 Å². The number of hydrogen-bond donors (Lipinski definition) is 1. The van der Waals surface area contributed by atoms with Gasteiger partial charge in [-0.1, -0.05) is 18.2 Å². The molecule has 0 spiro atoms. The van der Waals surface area contributed by atoms with Crippen molar-refractivity contribution in [2.24, 2.45) is 0 Å². The number of hydrogen-bond acceptors (Lipinski definition) is 4. The molecular formula is C20H23N3O3. The van der Waals surface area contributed by atoms with E-state index in [0.717, 1.165) is 23.3 Å². The lowest BCUT2D eigenvalue weighted by Crippen LogP contribution is -2.38. The molecule has 136 valence electrons. The van der Waals surface area contributed by atoms with Crippen LogP contribution in [0, 0.1) is 0 Å². The van der Waals surface area contributed by atoms with E-state index in [0.29, 0.717) is 19.5 Å². The summed E-state index contributed by atoms with van der Waals surface area (Å²) < 4.78 is 5.15. The first-order valence-electron chi connectivity index (χ1n) is 8.73. The van der Waals surface area contributed by atoms with Crippen LogP contribution in [0.3, 0.4) is 0 Å². The molecule has 1 N–H and O–H groups in total. The molecule has 0 aliphatic carbocycles. The SMILES string of the molecule is COc1ccc(CCN2CC(NC(=O)Cc3cccnc3)CC2=O)cc1. The molecule has 1 unspecified atom stereocenters. The van der Waals surface area contributed by atoms with Crippen molar-refractivity contribution in [2.45, 2.75) is 25.3 Å². The first-order chi connectivity index (χ1) is 12.6. The third kappa shape index (κ3) is 4.81. The molecule has 3 rings (SSSR count). The number of methoxy groups -OCH3 is 1. The second-order valence-corrected chi connectivity index (χ2v) is 6.44. The molecular weight excluding hydrogens is 330 g/mol. The summed E-state index contributed by atoms with van der Waals surface area (Å²) in [5, 5.41) is 2.96. The van der Waals surface area contributed by atoms with Crippen LogP contribution in [0.15, 0.2) is 48.8 Å². The molecule has 0 bridgehead atoms. The summed E-state index contributed by atoms with van der Waals surface area (Å²) >= 11 is 0. The Balaban J connectivity index is 1.46. The van der Waals surface area contributed by atoms with Crippen LogP contribution >= 0.6 is 0 Å². The maximum Gasteiger partial charge on any atom is 0.224 e. The number of ether oxygens (including phenoxy) is 1. The summed E-state index contributed by atoms with van der Waals surface area (Å²) in [7, 11) is 1.64. The van der Waals surface area contributed by atoms with E-state index < -0.39 is 0 Å². The number of carbonyl (C=O) groups excluding carboxylic acids is 2. The highest BCUT2D eigenvalue weighted by Gasteiger charge is 2.30. The fraction of sp³-hybridized carbons (Fsp3) is 0.350. The van der Waals surface area contributed by atoms with Gasteiger partial charge in [0, 0.05) is 31.9 Å². The number of nitrogens with one attached hydrogen (secondary N) is 1. The zero-order valence-electron chi connectivity index (χ0n) is 14.9. The lowest BCUT2D eigenvalue weighted by molar-refractivity contribution is -0.127. The van der Waals surface area contributed by atoms with Crippen LogP contribution in [0.25, 0.3) is 0 Å². The van der Waals surface area contributed by atoms with Gasteiger partial charge in [-0.15, -0.1) is 0 Å². The van der Waals surface area contributed by atoms with E-state index in [-0.39, 0.29) is 24.3 Å². The van der Waals surface area contributed by atoms with Gasteiger partial charge in [-0.25, -0.2) is 0 Å². The van der Waals surface area contributed by atoms with Gasteiger partial charge in [0.25, 0.3) is 0 Å². The minimum Gasteiger partial charge on any atom is -0.497 e. The number of aromatic nitrogens is 1. The van der Waals surface area contributed by atoms with E-state index in [1.807, 2.05) is 41.3 Å². The van der Waals surface area contributed by atoms with E-state index in [1.54, 1.807) is 19.5 Å². The van der Waals surface area contributed by atoms with Gasteiger partial charge in [0.15, 0.2) is 0 Å². The van der Waals surface area contributed by atoms with Crippen LogP contribution in [0.2, 0.25) is 0 Å². The first kappa shape index (κ1) is 17.9. The number of carbonyl (C=O) groups is 2. The fourth-order valence-corrected chi connectivity index (χ4v) is 3.11. The summed E-state index contributed by atoms with van der Waals surface area (Å²) in [6.07, 6.45) is 4.79. The van der Waals surface area contributed by atoms with Crippen molar-refractivity contribution in [3.63, 3.8) is 0 Å².